The second-order valence-electron chi connectivity index (χ2n) is 5.69. The molecule has 1 aliphatic rings. The Labute approximate surface area is 108 Å². The molecule has 3 atom stereocenters. The van der Waals surface area contributed by atoms with E-state index in [1.165, 1.54) is 51.6 Å². The van der Waals surface area contributed by atoms with Crippen LogP contribution in [0.25, 0.3) is 0 Å². The molecule has 0 aromatic carbocycles. The van der Waals surface area contributed by atoms with Crippen molar-refractivity contribution in [3.8, 4) is 0 Å². The van der Waals surface area contributed by atoms with E-state index in [0.29, 0.717) is 6.04 Å². The first-order valence-corrected chi connectivity index (χ1v) is 7.64. The molecule has 1 fully saturated rings. The maximum Gasteiger partial charge on any atom is 0.0217 e. The lowest BCUT2D eigenvalue weighted by Crippen LogP contribution is -2.47. The topological polar surface area (TPSA) is 15.3 Å². The Hall–Kier alpha value is -0.0800. The minimum Gasteiger partial charge on any atom is -0.315 e. The maximum atomic E-state index is 3.52. The van der Waals surface area contributed by atoms with Gasteiger partial charge in [-0.25, -0.2) is 0 Å². The first-order valence-electron chi connectivity index (χ1n) is 7.64. The molecule has 102 valence electrons. The van der Waals surface area contributed by atoms with Crippen molar-refractivity contribution in [2.24, 2.45) is 5.92 Å². The molecule has 2 heteroatoms. The van der Waals surface area contributed by atoms with Gasteiger partial charge >= 0.3 is 0 Å². The van der Waals surface area contributed by atoms with Crippen LogP contribution in [0.15, 0.2) is 0 Å². The van der Waals surface area contributed by atoms with Crippen LogP contribution in [-0.2, 0) is 0 Å². The highest BCUT2D eigenvalue weighted by molar-refractivity contribution is 4.81. The standard InChI is InChI=1S/C15H32N2/c1-5-13(3)15(16-4)12-17-11-9-7-8-10-14(17)6-2/h13-16H,5-12H2,1-4H3. The molecule has 17 heavy (non-hydrogen) atoms. The summed E-state index contributed by atoms with van der Waals surface area (Å²) in [5.74, 6) is 0.778. The lowest BCUT2D eigenvalue weighted by molar-refractivity contribution is 0.159. The Morgan fingerprint density at radius 3 is 2.59 bits per heavy atom. The van der Waals surface area contributed by atoms with E-state index in [1.807, 2.05) is 0 Å². The Kier molecular flexibility index (Phi) is 7.14. The Balaban J connectivity index is 2.55. The fraction of sp³-hybridized carbons (Fsp3) is 1.00. The van der Waals surface area contributed by atoms with Gasteiger partial charge in [-0.05, 0) is 38.8 Å². The molecule has 1 N–H and O–H groups in total. The third-order valence-electron chi connectivity index (χ3n) is 4.60. The van der Waals surface area contributed by atoms with E-state index >= 15 is 0 Å². The zero-order valence-corrected chi connectivity index (χ0v) is 12.3. The molecule has 3 unspecified atom stereocenters. The predicted molar refractivity (Wildman–Crippen MR) is 76.4 cm³/mol. The van der Waals surface area contributed by atoms with Crippen molar-refractivity contribution in [3.63, 3.8) is 0 Å². The number of likely N-dealkylation sites (N-methyl/N-ethyl adjacent to an activating group) is 1. The maximum absolute atomic E-state index is 3.52. The van der Waals surface area contributed by atoms with E-state index in [2.05, 4.69) is 38.0 Å². The van der Waals surface area contributed by atoms with Crippen molar-refractivity contribution in [1.29, 1.82) is 0 Å². The average molecular weight is 240 g/mol. The van der Waals surface area contributed by atoms with E-state index in [0.717, 1.165) is 12.0 Å². The minimum absolute atomic E-state index is 0.659. The molecule has 1 aliphatic heterocycles. The Morgan fingerprint density at radius 2 is 2.00 bits per heavy atom. The van der Waals surface area contributed by atoms with Gasteiger partial charge in [0.25, 0.3) is 0 Å². The van der Waals surface area contributed by atoms with Gasteiger partial charge in [-0.2, -0.15) is 0 Å². The summed E-state index contributed by atoms with van der Waals surface area (Å²) in [6, 6.07) is 1.49. The molecule has 0 saturated carbocycles. The van der Waals surface area contributed by atoms with Gasteiger partial charge in [-0.1, -0.05) is 40.0 Å². The van der Waals surface area contributed by atoms with Crippen LogP contribution in [0.4, 0.5) is 0 Å². The van der Waals surface area contributed by atoms with Gasteiger partial charge < -0.3 is 5.32 Å². The fourth-order valence-corrected chi connectivity index (χ4v) is 3.03. The Bertz CT molecular complexity index is 193. The third-order valence-corrected chi connectivity index (χ3v) is 4.60. The molecule has 1 rings (SSSR count). The molecular formula is C15H32N2. The molecule has 0 aromatic rings. The monoisotopic (exact) mass is 240 g/mol. The molecule has 0 amide bonds. The van der Waals surface area contributed by atoms with Gasteiger partial charge in [0, 0.05) is 18.6 Å². The molecular weight excluding hydrogens is 208 g/mol. The third kappa shape index (κ3) is 4.59. The van der Waals surface area contributed by atoms with Crippen molar-refractivity contribution in [2.75, 3.05) is 20.1 Å². The summed E-state index contributed by atoms with van der Waals surface area (Å²) in [5, 5.41) is 3.52. The van der Waals surface area contributed by atoms with Crippen LogP contribution in [0, 0.1) is 5.92 Å². The largest absolute Gasteiger partial charge is 0.315 e. The smallest absolute Gasteiger partial charge is 0.0217 e. The lowest BCUT2D eigenvalue weighted by Gasteiger charge is -2.34. The molecule has 1 heterocycles. The number of likely N-dealkylation sites (tertiary alicyclic amines) is 1. The van der Waals surface area contributed by atoms with E-state index < -0.39 is 0 Å². The van der Waals surface area contributed by atoms with Gasteiger partial charge in [0.2, 0.25) is 0 Å². The highest BCUT2D eigenvalue weighted by Crippen LogP contribution is 2.20. The summed E-state index contributed by atoms with van der Waals surface area (Å²) in [5.41, 5.74) is 0. The molecule has 0 bridgehead atoms. The summed E-state index contributed by atoms with van der Waals surface area (Å²) < 4.78 is 0. The molecule has 0 aliphatic carbocycles. The first kappa shape index (κ1) is 15.0. The van der Waals surface area contributed by atoms with Gasteiger partial charge in [0.05, 0.1) is 0 Å². The second-order valence-corrected chi connectivity index (χ2v) is 5.69. The van der Waals surface area contributed by atoms with Gasteiger partial charge in [-0.3, -0.25) is 4.90 Å². The summed E-state index contributed by atoms with van der Waals surface area (Å²) in [6.07, 6.45) is 8.26. The van der Waals surface area contributed by atoms with Crippen molar-refractivity contribution in [3.05, 3.63) is 0 Å². The van der Waals surface area contributed by atoms with Gasteiger partial charge in [-0.15, -0.1) is 0 Å². The van der Waals surface area contributed by atoms with Gasteiger partial charge in [0.1, 0.15) is 0 Å². The van der Waals surface area contributed by atoms with Crippen LogP contribution in [0.1, 0.15) is 59.3 Å². The van der Waals surface area contributed by atoms with E-state index in [-0.39, 0.29) is 0 Å². The van der Waals surface area contributed by atoms with Crippen LogP contribution in [-0.4, -0.2) is 37.1 Å². The molecule has 0 aromatic heterocycles. The Morgan fingerprint density at radius 1 is 1.24 bits per heavy atom. The summed E-state index contributed by atoms with van der Waals surface area (Å²) in [6.45, 7) is 9.58. The summed E-state index contributed by atoms with van der Waals surface area (Å²) in [4.78, 5) is 2.75. The van der Waals surface area contributed by atoms with Crippen molar-refractivity contribution in [2.45, 2.75) is 71.4 Å². The van der Waals surface area contributed by atoms with E-state index in [4.69, 9.17) is 0 Å². The van der Waals surface area contributed by atoms with E-state index in [1.54, 1.807) is 0 Å². The van der Waals surface area contributed by atoms with Crippen LogP contribution < -0.4 is 5.32 Å². The number of rotatable bonds is 6. The minimum atomic E-state index is 0.659. The lowest BCUT2D eigenvalue weighted by atomic mass is 9.97. The van der Waals surface area contributed by atoms with Crippen molar-refractivity contribution in [1.82, 2.24) is 10.2 Å². The highest BCUT2D eigenvalue weighted by atomic mass is 15.2. The fourth-order valence-electron chi connectivity index (χ4n) is 3.03. The van der Waals surface area contributed by atoms with Crippen LogP contribution >= 0.6 is 0 Å². The quantitative estimate of drug-likeness (QED) is 0.766. The van der Waals surface area contributed by atoms with Crippen LogP contribution in [0.5, 0.6) is 0 Å². The SMILES string of the molecule is CCC(C)C(CN1CCCCCC1CC)NC. The van der Waals surface area contributed by atoms with Crippen LogP contribution in [0.3, 0.4) is 0 Å². The van der Waals surface area contributed by atoms with Crippen molar-refractivity contribution >= 4 is 0 Å². The number of nitrogens with zero attached hydrogens (tertiary/aromatic N) is 1. The summed E-state index contributed by atoms with van der Waals surface area (Å²) in [7, 11) is 2.12. The zero-order valence-electron chi connectivity index (χ0n) is 12.3. The number of hydrogen-bond acceptors (Lipinski definition) is 2. The highest BCUT2D eigenvalue weighted by Gasteiger charge is 2.23. The second kappa shape index (κ2) is 8.10. The van der Waals surface area contributed by atoms with Gasteiger partial charge in [0.15, 0.2) is 0 Å². The zero-order chi connectivity index (χ0) is 12.7. The average Bonchev–Trinajstić information content (AvgIpc) is 2.59. The number of nitrogens with one attached hydrogen (secondary N) is 1. The van der Waals surface area contributed by atoms with Crippen LogP contribution in [0.2, 0.25) is 0 Å². The first-order chi connectivity index (χ1) is 8.22. The summed E-state index contributed by atoms with van der Waals surface area (Å²) >= 11 is 0. The molecule has 0 radical (unpaired) electrons. The molecule has 1 saturated heterocycles. The van der Waals surface area contributed by atoms with E-state index in [9.17, 15) is 0 Å². The predicted octanol–water partition coefficient (Wildman–Crippen LogP) is 3.28. The molecule has 0 spiro atoms. The number of hydrogen-bond donors (Lipinski definition) is 1. The molecule has 2 nitrogen and oxygen atoms in total. The van der Waals surface area contributed by atoms with Crippen molar-refractivity contribution < 1.29 is 0 Å². The normalized spacial score (nSPS) is 26.5.